The fraction of sp³-hybridized carbons (Fsp3) is 0.409. The maximum Gasteiger partial charge on any atom is 0.251 e. The molecule has 0 radical (unpaired) electrons. The predicted octanol–water partition coefficient (Wildman–Crippen LogP) is 3.59. The van der Waals surface area contributed by atoms with Crippen LogP contribution in [0.2, 0.25) is 0 Å². The lowest BCUT2D eigenvalue weighted by atomic mass is 9.81. The van der Waals surface area contributed by atoms with Crippen molar-refractivity contribution in [2.24, 2.45) is 5.41 Å². The van der Waals surface area contributed by atoms with Gasteiger partial charge in [-0.3, -0.25) is 4.79 Å². The summed E-state index contributed by atoms with van der Waals surface area (Å²) in [6.07, 6.45) is 4.06. The lowest BCUT2D eigenvalue weighted by Crippen LogP contribution is -2.43. The second-order valence-electron chi connectivity index (χ2n) is 7.39. The van der Waals surface area contributed by atoms with E-state index in [2.05, 4.69) is 47.9 Å². The fourth-order valence-corrected chi connectivity index (χ4v) is 3.48. The number of rotatable bonds is 6. The summed E-state index contributed by atoms with van der Waals surface area (Å²) in [6, 6.07) is 18.4. The van der Waals surface area contributed by atoms with E-state index in [1.165, 1.54) is 5.56 Å². The van der Waals surface area contributed by atoms with E-state index < -0.39 is 0 Å². The largest absolute Gasteiger partial charge is 0.351 e. The highest BCUT2D eigenvalue weighted by Crippen LogP contribution is 2.26. The van der Waals surface area contributed by atoms with Gasteiger partial charge in [0.1, 0.15) is 0 Å². The molecule has 2 aromatic carbocycles. The summed E-state index contributed by atoms with van der Waals surface area (Å²) < 4.78 is 0. The minimum atomic E-state index is 0.0587. The summed E-state index contributed by atoms with van der Waals surface area (Å²) in [5, 5.41) is 6.57. The quantitative estimate of drug-likeness (QED) is 0.846. The highest BCUT2D eigenvalue weighted by molar-refractivity contribution is 5.95. The third-order valence-electron chi connectivity index (χ3n) is 5.27. The van der Waals surface area contributed by atoms with Gasteiger partial charge >= 0.3 is 0 Å². The highest BCUT2D eigenvalue weighted by Gasteiger charge is 2.27. The van der Waals surface area contributed by atoms with Gasteiger partial charge in [0.25, 0.3) is 5.91 Å². The van der Waals surface area contributed by atoms with Crippen LogP contribution >= 0.6 is 0 Å². The molecule has 0 saturated carbocycles. The zero-order chi connectivity index (χ0) is 17.5. The standard InChI is InChI=1S/C22H28N2O/c1-22(13-15-23-16-14-22)17-24-21(25)20-10-6-5-9-19(20)12-11-18-7-3-2-4-8-18/h2-10,23H,11-17H2,1H3,(H,24,25). The number of aryl methyl sites for hydroxylation is 2. The minimum absolute atomic E-state index is 0.0587. The molecule has 0 unspecified atom stereocenters. The van der Waals surface area contributed by atoms with E-state index in [1.807, 2.05) is 24.3 Å². The molecule has 1 amide bonds. The topological polar surface area (TPSA) is 41.1 Å². The molecule has 2 N–H and O–H groups in total. The van der Waals surface area contributed by atoms with Gasteiger partial charge in [0.2, 0.25) is 0 Å². The average molecular weight is 336 g/mol. The first-order valence-corrected chi connectivity index (χ1v) is 9.27. The molecule has 132 valence electrons. The third kappa shape index (κ3) is 4.93. The number of carbonyl (C=O) groups excluding carboxylic acids is 1. The minimum Gasteiger partial charge on any atom is -0.351 e. The summed E-state index contributed by atoms with van der Waals surface area (Å²) >= 11 is 0. The number of amides is 1. The Balaban J connectivity index is 1.62. The molecule has 3 heteroatoms. The summed E-state index contributed by atoms with van der Waals surface area (Å²) in [5.41, 5.74) is 3.45. The van der Waals surface area contributed by atoms with Gasteiger partial charge in [0.05, 0.1) is 0 Å². The SMILES string of the molecule is CC1(CNC(=O)c2ccccc2CCc2ccccc2)CCNCC1. The van der Waals surface area contributed by atoms with Crippen molar-refractivity contribution in [2.75, 3.05) is 19.6 Å². The monoisotopic (exact) mass is 336 g/mol. The Bertz CT molecular complexity index is 690. The van der Waals surface area contributed by atoms with Gasteiger partial charge < -0.3 is 10.6 Å². The van der Waals surface area contributed by atoms with E-state index in [1.54, 1.807) is 0 Å². The smallest absolute Gasteiger partial charge is 0.251 e. The normalized spacial score (nSPS) is 16.4. The van der Waals surface area contributed by atoms with Crippen molar-refractivity contribution >= 4 is 5.91 Å². The van der Waals surface area contributed by atoms with Crippen molar-refractivity contribution in [2.45, 2.75) is 32.6 Å². The number of nitrogens with one attached hydrogen (secondary N) is 2. The predicted molar refractivity (Wildman–Crippen MR) is 103 cm³/mol. The van der Waals surface area contributed by atoms with Crippen molar-refractivity contribution < 1.29 is 4.79 Å². The second kappa shape index (κ2) is 8.30. The van der Waals surface area contributed by atoms with Crippen LogP contribution in [0.5, 0.6) is 0 Å². The van der Waals surface area contributed by atoms with Gasteiger partial charge in [-0.2, -0.15) is 0 Å². The van der Waals surface area contributed by atoms with Crippen molar-refractivity contribution in [1.82, 2.24) is 10.6 Å². The van der Waals surface area contributed by atoms with E-state index in [0.29, 0.717) is 0 Å². The molecule has 2 aromatic rings. The van der Waals surface area contributed by atoms with Gasteiger partial charge in [-0.05, 0) is 61.4 Å². The van der Waals surface area contributed by atoms with E-state index in [0.717, 1.165) is 56.4 Å². The first-order chi connectivity index (χ1) is 12.2. The van der Waals surface area contributed by atoms with Crippen molar-refractivity contribution in [3.05, 3.63) is 71.3 Å². The number of hydrogen-bond donors (Lipinski definition) is 2. The van der Waals surface area contributed by atoms with Crippen molar-refractivity contribution in [3.8, 4) is 0 Å². The highest BCUT2D eigenvalue weighted by atomic mass is 16.1. The Morgan fingerprint density at radius 2 is 1.68 bits per heavy atom. The molecule has 0 aromatic heterocycles. The van der Waals surface area contributed by atoms with E-state index >= 15 is 0 Å². The maximum atomic E-state index is 12.7. The Morgan fingerprint density at radius 1 is 1.00 bits per heavy atom. The molecule has 1 heterocycles. The number of piperidine rings is 1. The first-order valence-electron chi connectivity index (χ1n) is 9.27. The van der Waals surface area contributed by atoms with Crippen LogP contribution in [-0.2, 0) is 12.8 Å². The average Bonchev–Trinajstić information content (AvgIpc) is 2.66. The molecule has 1 saturated heterocycles. The zero-order valence-electron chi connectivity index (χ0n) is 15.1. The molecule has 25 heavy (non-hydrogen) atoms. The molecular formula is C22H28N2O. The molecule has 3 rings (SSSR count). The van der Waals surface area contributed by atoms with Gasteiger partial charge in [-0.1, -0.05) is 55.5 Å². The van der Waals surface area contributed by atoms with E-state index in [9.17, 15) is 4.79 Å². The van der Waals surface area contributed by atoms with Crippen LogP contribution in [0.25, 0.3) is 0 Å². The lowest BCUT2D eigenvalue weighted by molar-refractivity contribution is 0.0921. The Morgan fingerprint density at radius 3 is 2.44 bits per heavy atom. The third-order valence-corrected chi connectivity index (χ3v) is 5.27. The summed E-state index contributed by atoms with van der Waals surface area (Å²) in [7, 11) is 0. The van der Waals surface area contributed by atoms with Crippen LogP contribution in [0.3, 0.4) is 0 Å². The molecule has 0 atom stereocenters. The van der Waals surface area contributed by atoms with Crippen LogP contribution in [0, 0.1) is 5.41 Å². The zero-order valence-corrected chi connectivity index (χ0v) is 15.1. The lowest BCUT2D eigenvalue weighted by Gasteiger charge is -2.34. The Labute approximate surface area is 150 Å². The van der Waals surface area contributed by atoms with Crippen LogP contribution in [-0.4, -0.2) is 25.5 Å². The Hall–Kier alpha value is -2.13. The van der Waals surface area contributed by atoms with Gasteiger partial charge in [0, 0.05) is 12.1 Å². The van der Waals surface area contributed by atoms with Crippen molar-refractivity contribution in [3.63, 3.8) is 0 Å². The molecule has 0 spiro atoms. The number of carbonyl (C=O) groups is 1. The number of benzene rings is 2. The second-order valence-corrected chi connectivity index (χ2v) is 7.39. The molecule has 1 fully saturated rings. The van der Waals surface area contributed by atoms with Gasteiger partial charge in [-0.25, -0.2) is 0 Å². The number of hydrogen-bond acceptors (Lipinski definition) is 2. The Kier molecular flexibility index (Phi) is 5.87. The van der Waals surface area contributed by atoms with Crippen LogP contribution in [0.15, 0.2) is 54.6 Å². The summed E-state index contributed by atoms with van der Waals surface area (Å²) in [6.45, 7) is 5.11. The molecule has 0 aliphatic carbocycles. The molecule has 3 nitrogen and oxygen atoms in total. The summed E-state index contributed by atoms with van der Waals surface area (Å²) in [5.74, 6) is 0.0587. The van der Waals surface area contributed by atoms with Crippen LogP contribution in [0.4, 0.5) is 0 Å². The first kappa shape index (κ1) is 17.7. The fourth-order valence-electron chi connectivity index (χ4n) is 3.48. The van der Waals surface area contributed by atoms with Crippen molar-refractivity contribution in [1.29, 1.82) is 0 Å². The molecule has 0 bridgehead atoms. The van der Waals surface area contributed by atoms with E-state index in [-0.39, 0.29) is 11.3 Å². The summed E-state index contributed by atoms with van der Waals surface area (Å²) in [4.78, 5) is 12.7. The molecule has 1 aliphatic heterocycles. The van der Waals surface area contributed by atoms with Crippen LogP contribution in [0.1, 0.15) is 41.3 Å². The van der Waals surface area contributed by atoms with Crippen LogP contribution < -0.4 is 10.6 Å². The van der Waals surface area contributed by atoms with Gasteiger partial charge in [-0.15, -0.1) is 0 Å². The van der Waals surface area contributed by atoms with E-state index in [4.69, 9.17) is 0 Å². The van der Waals surface area contributed by atoms with Gasteiger partial charge in [0.15, 0.2) is 0 Å². The maximum absolute atomic E-state index is 12.7. The molecular weight excluding hydrogens is 308 g/mol. The molecule has 1 aliphatic rings.